The fourth-order valence-electron chi connectivity index (χ4n) is 3.38. The van der Waals surface area contributed by atoms with Crippen LogP contribution in [0.15, 0.2) is 35.5 Å². The van der Waals surface area contributed by atoms with Gasteiger partial charge in [-0.2, -0.15) is 0 Å². The van der Waals surface area contributed by atoms with E-state index in [1.165, 1.54) is 12.4 Å². The Morgan fingerprint density at radius 1 is 1.26 bits per heavy atom. The van der Waals surface area contributed by atoms with Gasteiger partial charge in [-0.25, -0.2) is 19.2 Å². The Balaban J connectivity index is 1.60. The number of ether oxygens (including phenoxy) is 2. The Morgan fingerprint density at radius 2 is 2.15 bits per heavy atom. The van der Waals surface area contributed by atoms with E-state index in [1.54, 1.807) is 22.9 Å². The fraction of sp³-hybridized carbons (Fsp3) is 0.278. The molecule has 5 heterocycles. The van der Waals surface area contributed by atoms with Gasteiger partial charge in [-0.3, -0.25) is 9.55 Å². The molecular weight excluding hydrogens is 353 g/mol. The first-order valence-corrected chi connectivity index (χ1v) is 8.60. The molecule has 0 bridgehead atoms. The molecule has 0 aliphatic carbocycles. The van der Waals surface area contributed by atoms with E-state index in [0.29, 0.717) is 59.7 Å². The second-order valence-electron chi connectivity index (χ2n) is 6.43. The standard InChI is InChI=1S/C18H16FN5O3/c19-15-12-1-2-20-16(12)22-7-13(15)10-5-14-17(21-6-10)23-18(25)24(14)8-11-9-26-3-4-27-11/h1-2,5-7,11H,3-4,8-9H2,(H,20,22)(H,21,23,25)/t11-/m0/s1. The van der Waals surface area contributed by atoms with Crippen LogP contribution in [0.25, 0.3) is 33.3 Å². The number of aromatic nitrogens is 5. The van der Waals surface area contributed by atoms with E-state index in [2.05, 4.69) is 19.9 Å². The summed E-state index contributed by atoms with van der Waals surface area (Å²) in [6.07, 6.45) is 4.42. The van der Waals surface area contributed by atoms with Gasteiger partial charge in [0.05, 0.1) is 43.4 Å². The molecule has 5 rings (SSSR count). The molecule has 27 heavy (non-hydrogen) atoms. The first-order valence-electron chi connectivity index (χ1n) is 8.60. The fourth-order valence-corrected chi connectivity index (χ4v) is 3.38. The summed E-state index contributed by atoms with van der Waals surface area (Å²) in [5.41, 5.74) is 2.09. The normalized spacial score (nSPS) is 17.7. The summed E-state index contributed by atoms with van der Waals surface area (Å²) < 4.78 is 27.4. The van der Waals surface area contributed by atoms with Gasteiger partial charge in [0, 0.05) is 29.7 Å². The SMILES string of the molecule is O=c1[nH]c2ncc(-c3cnc4[nH]ccc4c3F)cc2n1C[C@H]1COCCO1. The predicted molar refractivity (Wildman–Crippen MR) is 96.0 cm³/mol. The van der Waals surface area contributed by atoms with Crippen LogP contribution in [0, 0.1) is 5.82 Å². The molecular formula is C18H16FN5O3. The molecule has 0 saturated carbocycles. The van der Waals surface area contributed by atoms with E-state index in [9.17, 15) is 9.18 Å². The van der Waals surface area contributed by atoms with E-state index in [0.717, 1.165) is 0 Å². The molecule has 1 aliphatic heterocycles. The zero-order valence-corrected chi connectivity index (χ0v) is 14.2. The third kappa shape index (κ3) is 2.71. The number of aromatic amines is 2. The summed E-state index contributed by atoms with van der Waals surface area (Å²) >= 11 is 0. The first-order chi connectivity index (χ1) is 13.2. The number of nitrogens with zero attached hydrogens (tertiary/aromatic N) is 3. The number of nitrogens with one attached hydrogen (secondary N) is 2. The van der Waals surface area contributed by atoms with Crippen molar-refractivity contribution in [3.63, 3.8) is 0 Å². The van der Waals surface area contributed by atoms with Crippen LogP contribution in [-0.4, -0.2) is 50.4 Å². The van der Waals surface area contributed by atoms with Crippen molar-refractivity contribution >= 4 is 22.2 Å². The topological polar surface area (TPSA) is 97.8 Å². The zero-order valence-electron chi connectivity index (χ0n) is 14.2. The zero-order chi connectivity index (χ0) is 18.4. The Hall–Kier alpha value is -3.04. The predicted octanol–water partition coefficient (Wildman–Crippen LogP) is 1.82. The molecule has 0 spiro atoms. The van der Waals surface area contributed by atoms with E-state index in [4.69, 9.17) is 9.47 Å². The van der Waals surface area contributed by atoms with Gasteiger partial charge in [0.15, 0.2) is 5.65 Å². The quantitative estimate of drug-likeness (QED) is 0.574. The monoisotopic (exact) mass is 369 g/mol. The van der Waals surface area contributed by atoms with Crippen LogP contribution in [-0.2, 0) is 16.0 Å². The van der Waals surface area contributed by atoms with Crippen LogP contribution >= 0.6 is 0 Å². The summed E-state index contributed by atoms with van der Waals surface area (Å²) in [4.78, 5) is 26.5. The van der Waals surface area contributed by atoms with Crippen LogP contribution < -0.4 is 5.69 Å². The minimum absolute atomic E-state index is 0.214. The smallest absolute Gasteiger partial charge is 0.327 e. The number of halogens is 1. The largest absolute Gasteiger partial charge is 0.376 e. The minimum atomic E-state index is -0.379. The molecule has 0 radical (unpaired) electrons. The maximum absolute atomic E-state index is 14.9. The first kappa shape index (κ1) is 16.2. The van der Waals surface area contributed by atoms with Crippen LogP contribution in [0.5, 0.6) is 0 Å². The third-order valence-corrected chi connectivity index (χ3v) is 4.73. The van der Waals surface area contributed by atoms with Gasteiger partial charge in [-0.05, 0) is 12.1 Å². The Labute approximate surface area is 152 Å². The number of rotatable bonds is 3. The van der Waals surface area contributed by atoms with Crippen molar-refractivity contribution in [3.05, 3.63) is 47.0 Å². The lowest BCUT2D eigenvalue weighted by molar-refractivity contribution is -0.0934. The average Bonchev–Trinajstić information content (AvgIpc) is 3.28. The Kier molecular flexibility index (Phi) is 3.76. The second-order valence-corrected chi connectivity index (χ2v) is 6.43. The van der Waals surface area contributed by atoms with Crippen molar-refractivity contribution in [2.45, 2.75) is 12.6 Å². The number of fused-ring (bicyclic) bond motifs is 2. The second kappa shape index (κ2) is 6.29. The van der Waals surface area contributed by atoms with Gasteiger partial charge in [-0.15, -0.1) is 0 Å². The van der Waals surface area contributed by atoms with E-state index >= 15 is 0 Å². The molecule has 138 valence electrons. The molecule has 0 unspecified atom stereocenters. The highest BCUT2D eigenvalue weighted by Gasteiger charge is 2.19. The van der Waals surface area contributed by atoms with Crippen LogP contribution in [0.4, 0.5) is 4.39 Å². The lowest BCUT2D eigenvalue weighted by atomic mass is 10.1. The van der Waals surface area contributed by atoms with Gasteiger partial charge in [-0.1, -0.05) is 0 Å². The molecule has 0 amide bonds. The van der Waals surface area contributed by atoms with Crippen molar-refractivity contribution < 1.29 is 13.9 Å². The summed E-state index contributed by atoms with van der Waals surface area (Å²) in [6, 6.07) is 3.38. The van der Waals surface area contributed by atoms with Gasteiger partial charge in [0.1, 0.15) is 11.5 Å². The van der Waals surface area contributed by atoms with Gasteiger partial charge in [0.25, 0.3) is 0 Å². The molecule has 1 aliphatic rings. The number of H-pyrrole nitrogens is 2. The molecule has 9 heteroatoms. The van der Waals surface area contributed by atoms with E-state index < -0.39 is 0 Å². The van der Waals surface area contributed by atoms with Crippen molar-refractivity contribution in [2.24, 2.45) is 0 Å². The molecule has 0 aromatic carbocycles. The number of hydrogen-bond acceptors (Lipinski definition) is 5. The molecule has 2 N–H and O–H groups in total. The number of hydrogen-bond donors (Lipinski definition) is 2. The lowest BCUT2D eigenvalue weighted by Gasteiger charge is -2.23. The highest BCUT2D eigenvalue weighted by molar-refractivity contribution is 5.85. The average molecular weight is 369 g/mol. The number of imidazole rings is 1. The Bertz CT molecular complexity index is 1190. The van der Waals surface area contributed by atoms with Gasteiger partial charge >= 0.3 is 5.69 Å². The molecule has 4 aromatic rings. The van der Waals surface area contributed by atoms with Crippen LogP contribution in [0.2, 0.25) is 0 Å². The van der Waals surface area contributed by atoms with E-state index in [-0.39, 0.29) is 17.6 Å². The van der Waals surface area contributed by atoms with Crippen molar-refractivity contribution in [1.82, 2.24) is 24.5 Å². The van der Waals surface area contributed by atoms with Gasteiger partial charge in [0.2, 0.25) is 0 Å². The Morgan fingerprint density at radius 3 is 3.00 bits per heavy atom. The van der Waals surface area contributed by atoms with Crippen molar-refractivity contribution in [2.75, 3.05) is 19.8 Å². The van der Waals surface area contributed by atoms with Crippen molar-refractivity contribution in [1.29, 1.82) is 0 Å². The molecule has 1 atom stereocenters. The summed E-state index contributed by atoms with van der Waals surface area (Å²) in [7, 11) is 0. The van der Waals surface area contributed by atoms with E-state index in [1.807, 2.05) is 0 Å². The highest BCUT2D eigenvalue weighted by Crippen LogP contribution is 2.28. The lowest BCUT2D eigenvalue weighted by Crippen LogP contribution is -2.34. The molecule has 4 aromatic heterocycles. The summed E-state index contributed by atoms with van der Waals surface area (Å²) in [5.74, 6) is -0.379. The highest BCUT2D eigenvalue weighted by atomic mass is 19.1. The summed E-state index contributed by atoms with van der Waals surface area (Å²) in [5, 5.41) is 0.409. The number of pyridine rings is 2. The maximum Gasteiger partial charge on any atom is 0.327 e. The van der Waals surface area contributed by atoms with Crippen LogP contribution in [0.3, 0.4) is 0 Å². The van der Waals surface area contributed by atoms with Crippen molar-refractivity contribution in [3.8, 4) is 11.1 Å². The van der Waals surface area contributed by atoms with Crippen LogP contribution in [0.1, 0.15) is 0 Å². The summed E-state index contributed by atoms with van der Waals surface area (Å²) in [6.45, 7) is 1.81. The molecule has 8 nitrogen and oxygen atoms in total. The molecule has 1 fully saturated rings. The third-order valence-electron chi connectivity index (χ3n) is 4.73. The van der Waals surface area contributed by atoms with Gasteiger partial charge < -0.3 is 14.5 Å². The maximum atomic E-state index is 14.9. The minimum Gasteiger partial charge on any atom is -0.376 e. The molecule has 1 saturated heterocycles.